The highest BCUT2D eigenvalue weighted by Gasteiger charge is 2.24. The van der Waals surface area contributed by atoms with Gasteiger partial charge in [0.05, 0.1) is 0 Å². The molecule has 0 N–H and O–H groups in total. The summed E-state index contributed by atoms with van der Waals surface area (Å²) in [5.41, 5.74) is 0. The molecule has 0 aromatic carbocycles. The highest BCUT2D eigenvalue weighted by Crippen LogP contribution is 2.20. The molecule has 1 saturated heterocycles. The molecule has 15 heavy (non-hydrogen) atoms. The van der Waals surface area contributed by atoms with Crippen LogP contribution in [0.15, 0.2) is 17.1 Å². The maximum atomic E-state index is 4.80. The number of nitrogens with zero attached hydrogens (tertiary/aromatic N) is 3. The minimum Gasteiger partial charge on any atom is -0.354 e. The number of aliphatic imine (C=N–C) groups is 1. The van der Waals surface area contributed by atoms with Gasteiger partial charge in [0, 0.05) is 19.0 Å². The van der Waals surface area contributed by atoms with E-state index in [4.69, 9.17) is 4.99 Å². The van der Waals surface area contributed by atoms with Gasteiger partial charge in [-0.1, -0.05) is 6.08 Å². The SMILES string of the molecule is CC1CCCN1C1=NC(N(C)C)CC=C1. The fourth-order valence-electron chi connectivity index (χ4n) is 2.31. The largest absolute Gasteiger partial charge is 0.354 e. The van der Waals surface area contributed by atoms with Crippen LogP contribution in [0.5, 0.6) is 0 Å². The van der Waals surface area contributed by atoms with E-state index >= 15 is 0 Å². The second-order valence-corrected chi connectivity index (χ2v) is 4.75. The van der Waals surface area contributed by atoms with Crippen LogP contribution in [0, 0.1) is 0 Å². The van der Waals surface area contributed by atoms with Crippen molar-refractivity contribution >= 4 is 5.84 Å². The molecule has 0 saturated carbocycles. The van der Waals surface area contributed by atoms with Crippen LogP contribution in [0.25, 0.3) is 0 Å². The molecular formula is C12H21N3. The van der Waals surface area contributed by atoms with Gasteiger partial charge in [-0.3, -0.25) is 4.90 Å². The Morgan fingerprint density at radius 1 is 1.47 bits per heavy atom. The van der Waals surface area contributed by atoms with Gasteiger partial charge in [-0.2, -0.15) is 0 Å². The number of hydrogen-bond donors (Lipinski definition) is 0. The van der Waals surface area contributed by atoms with Crippen LogP contribution in [0.1, 0.15) is 26.2 Å². The molecule has 2 heterocycles. The van der Waals surface area contributed by atoms with Gasteiger partial charge in [0.1, 0.15) is 12.0 Å². The Bertz CT molecular complexity index is 281. The molecule has 0 aromatic heterocycles. The van der Waals surface area contributed by atoms with Crippen LogP contribution in [0.2, 0.25) is 0 Å². The highest BCUT2D eigenvalue weighted by molar-refractivity contribution is 5.94. The van der Waals surface area contributed by atoms with Crippen molar-refractivity contribution in [2.24, 2.45) is 4.99 Å². The second-order valence-electron chi connectivity index (χ2n) is 4.75. The summed E-state index contributed by atoms with van der Waals surface area (Å²) >= 11 is 0. The normalized spacial score (nSPS) is 31.2. The quantitative estimate of drug-likeness (QED) is 0.652. The summed E-state index contributed by atoms with van der Waals surface area (Å²) in [5, 5.41) is 0. The average Bonchev–Trinajstić information content (AvgIpc) is 2.64. The molecule has 2 aliphatic heterocycles. The molecule has 0 aromatic rings. The zero-order chi connectivity index (χ0) is 10.8. The third-order valence-electron chi connectivity index (χ3n) is 3.34. The first-order valence-electron chi connectivity index (χ1n) is 5.86. The summed E-state index contributed by atoms with van der Waals surface area (Å²) in [6, 6.07) is 0.661. The Morgan fingerprint density at radius 2 is 2.27 bits per heavy atom. The molecule has 2 unspecified atom stereocenters. The van der Waals surface area contributed by atoms with Gasteiger partial charge in [-0.05, 0) is 39.9 Å². The summed E-state index contributed by atoms with van der Waals surface area (Å²) < 4.78 is 0. The summed E-state index contributed by atoms with van der Waals surface area (Å²) in [6.07, 6.45) is 8.41. The first kappa shape index (κ1) is 10.7. The van der Waals surface area contributed by atoms with E-state index < -0.39 is 0 Å². The van der Waals surface area contributed by atoms with E-state index in [1.165, 1.54) is 25.2 Å². The Balaban J connectivity index is 2.10. The van der Waals surface area contributed by atoms with Crippen molar-refractivity contribution in [3.8, 4) is 0 Å². The van der Waals surface area contributed by atoms with Crippen molar-refractivity contribution < 1.29 is 0 Å². The van der Waals surface area contributed by atoms with Gasteiger partial charge >= 0.3 is 0 Å². The van der Waals surface area contributed by atoms with E-state index in [1.54, 1.807) is 0 Å². The van der Waals surface area contributed by atoms with Crippen LogP contribution < -0.4 is 0 Å². The molecule has 0 bridgehead atoms. The van der Waals surface area contributed by atoms with E-state index in [1.807, 2.05) is 0 Å². The van der Waals surface area contributed by atoms with Gasteiger partial charge in [0.25, 0.3) is 0 Å². The van der Waals surface area contributed by atoms with Crippen LogP contribution >= 0.6 is 0 Å². The zero-order valence-electron chi connectivity index (χ0n) is 9.98. The topological polar surface area (TPSA) is 18.8 Å². The molecule has 0 spiro atoms. The minimum absolute atomic E-state index is 0.331. The molecule has 1 fully saturated rings. The number of dihydropyridines is 1. The van der Waals surface area contributed by atoms with E-state index in [9.17, 15) is 0 Å². The smallest absolute Gasteiger partial charge is 0.125 e. The van der Waals surface area contributed by atoms with Gasteiger partial charge in [0.2, 0.25) is 0 Å². The Hall–Kier alpha value is -0.830. The molecule has 0 amide bonds. The standard InChI is InChI=1S/C12H21N3/c1-10-6-5-9-15(10)12-8-4-7-11(13-12)14(2)3/h4,8,10-11H,5-7,9H2,1-3H3. The first-order valence-corrected chi connectivity index (χ1v) is 5.86. The van der Waals surface area contributed by atoms with Crippen LogP contribution in [0.3, 0.4) is 0 Å². The van der Waals surface area contributed by atoms with Gasteiger partial charge in [-0.25, -0.2) is 4.99 Å². The number of rotatable bonds is 1. The number of amidine groups is 1. The van der Waals surface area contributed by atoms with Gasteiger partial charge < -0.3 is 4.90 Å². The van der Waals surface area contributed by atoms with Crippen molar-refractivity contribution in [1.82, 2.24) is 9.80 Å². The lowest BCUT2D eigenvalue weighted by Gasteiger charge is -2.29. The van der Waals surface area contributed by atoms with Crippen molar-refractivity contribution in [3.63, 3.8) is 0 Å². The molecule has 2 atom stereocenters. The van der Waals surface area contributed by atoms with E-state index in [-0.39, 0.29) is 0 Å². The summed E-state index contributed by atoms with van der Waals surface area (Å²) in [5.74, 6) is 1.19. The van der Waals surface area contributed by atoms with Crippen molar-refractivity contribution in [2.75, 3.05) is 20.6 Å². The lowest BCUT2D eigenvalue weighted by Crippen LogP contribution is -2.37. The van der Waals surface area contributed by atoms with E-state index in [0.717, 1.165) is 6.42 Å². The fourth-order valence-corrected chi connectivity index (χ4v) is 2.31. The number of hydrogen-bond acceptors (Lipinski definition) is 3. The first-order chi connectivity index (χ1) is 7.18. The average molecular weight is 207 g/mol. The molecule has 2 rings (SSSR count). The van der Waals surface area contributed by atoms with E-state index in [2.05, 4.69) is 43.0 Å². The maximum Gasteiger partial charge on any atom is 0.125 e. The molecule has 84 valence electrons. The summed E-state index contributed by atoms with van der Waals surface area (Å²) in [6.45, 7) is 3.47. The highest BCUT2D eigenvalue weighted by atomic mass is 15.3. The van der Waals surface area contributed by atoms with E-state index in [0.29, 0.717) is 12.2 Å². The number of likely N-dealkylation sites (tertiary alicyclic amines) is 1. The minimum atomic E-state index is 0.331. The Labute approximate surface area is 92.5 Å². The van der Waals surface area contributed by atoms with Crippen LogP contribution in [0.4, 0.5) is 0 Å². The Morgan fingerprint density at radius 3 is 2.87 bits per heavy atom. The molecule has 0 aliphatic carbocycles. The lowest BCUT2D eigenvalue weighted by molar-refractivity contribution is 0.296. The summed E-state index contributed by atoms with van der Waals surface area (Å²) in [7, 11) is 4.19. The van der Waals surface area contributed by atoms with Gasteiger partial charge in [0.15, 0.2) is 0 Å². The van der Waals surface area contributed by atoms with Crippen LogP contribution in [-0.4, -0.2) is 48.5 Å². The van der Waals surface area contributed by atoms with Crippen molar-refractivity contribution in [2.45, 2.75) is 38.4 Å². The predicted octanol–water partition coefficient (Wildman–Crippen LogP) is 1.72. The fraction of sp³-hybridized carbons (Fsp3) is 0.750. The molecule has 3 heteroatoms. The third-order valence-corrected chi connectivity index (χ3v) is 3.34. The third kappa shape index (κ3) is 2.23. The van der Waals surface area contributed by atoms with Crippen LogP contribution in [-0.2, 0) is 0 Å². The molecule has 3 nitrogen and oxygen atoms in total. The monoisotopic (exact) mass is 207 g/mol. The molecule has 2 aliphatic rings. The zero-order valence-corrected chi connectivity index (χ0v) is 9.98. The summed E-state index contributed by atoms with van der Waals surface area (Å²) in [4.78, 5) is 9.42. The molecule has 0 radical (unpaired) electrons. The second kappa shape index (κ2) is 4.35. The predicted molar refractivity (Wildman–Crippen MR) is 64.1 cm³/mol. The maximum absolute atomic E-state index is 4.80. The molecular weight excluding hydrogens is 186 g/mol. The van der Waals surface area contributed by atoms with Gasteiger partial charge in [-0.15, -0.1) is 0 Å². The lowest BCUT2D eigenvalue weighted by atomic mass is 10.2. The Kier molecular flexibility index (Phi) is 3.10. The van der Waals surface area contributed by atoms with Crippen molar-refractivity contribution in [3.05, 3.63) is 12.2 Å². The van der Waals surface area contributed by atoms with Crippen molar-refractivity contribution in [1.29, 1.82) is 0 Å².